The number of fused-ring (bicyclic) bond motifs is 1. The Morgan fingerprint density at radius 2 is 1.78 bits per heavy atom. The predicted octanol–water partition coefficient (Wildman–Crippen LogP) is 2.59. The molecule has 18 heavy (non-hydrogen) atoms. The first-order chi connectivity index (χ1) is 8.74. The van der Waals surface area contributed by atoms with Crippen molar-refractivity contribution in [1.29, 1.82) is 0 Å². The Hall–Kier alpha value is -1.64. The van der Waals surface area contributed by atoms with Crippen LogP contribution < -0.4 is 0 Å². The minimum Gasteiger partial charge on any atom is -0.393 e. The summed E-state index contributed by atoms with van der Waals surface area (Å²) in [5, 5.41) is 0. The number of esters is 2. The van der Waals surface area contributed by atoms with Crippen LogP contribution >= 0.6 is 0 Å². The fourth-order valence-electron chi connectivity index (χ4n) is 3.28. The first-order valence-electron chi connectivity index (χ1n) is 6.55. The average Bonchev–Trinajstić information content (AvgIpc) is 2.37. The van der Waals surface area contributed by atoms with E-state index in [1.165, 1.54) is 11.1 Å². The summed E-state index contributed by atoms with van der Waals surface area (Å²) < 4.78 is 4.62. The van der Waals surface area contributed by atoms with Gasteiger partial charge in [-0.25, -0.2) is 0 Å². The van der Waals surface area contributed by atoms with Gasteiger partial charge in [-0.2, -0.15) is 0 Å². The fraction of sp³-hybridized carbons (Fsp3) is 0.467. The number of cyclic esters (lactones) is 2. The van der Waals surface area contributed by atoms with E-state index in [-0.39, 0.29) is 17.9 Å². The van der Waals surface area contributed by atoms with Crippen LogP contribution in [0.4, 0.5) is 0 Å². The molecular formula is C15H16O3. The van der Waals surface area contributed by atoms with E-state index in [1.54, 1.807) is 0 Å². The number of rotatable bonds is 1. The van der Waals surface area contributed by atoms with Gasteiger partial charge < -0.3 is 4.74 Å². The van der Waals surface area contributed by atoms with Gasteiger partial charge in [-0.1, -0.05) is 24.3 Å². The van der Waals surface area contributed by atoms with Crippen LogP contribution in [0.25, 0.3) is 0 Å². The Kier molecular flexibility index (Phi) is 2.90. The molecular weight excluding hydrogens is 228 g/mol. The first kappa shape index (κ1) is 11.5. The summed E-state index contributed by atoms with van der Waals surface area (Å²) in [5.74, 6) is -0.259. The lowest BCUT2D eigenvalue weighted by Crippen LogP contribution is -2.30. The van der Waals surface area contributed by atoms with E-state index in [0.717, 1.165) is 19.3 Å². The minimum atomic E-state index is -0.362. The van der Waals surface area contributed by atoms with Crippen molar-refractivity contribution in [2.45, 2.75) is 38.0 Å². The summed E-state index contributed by atoms with van der Waals surface area (Å²) in [4.78, 5) is 22.8. The number of carbonyl (C=O) groups excluding carboxylic acids is 2. The molecule has 0 aromatic heterocycles. The summed E-state index contributed by atoms with van der Waals surface area (Å²) in [6, 6.07) is 8.40. The minimum absolute atomic E-state index is 0.125. The average molecular weight is 244 g/mol. The molecule has 0 radical (unpaired) electrons. The Balaban J connectivity index is 1.89. The molecule has 94 valence electrons. The maximum atomic E-state index is 11.4. The lowest BCUT2D eigenvalue weighted by molar-refractivity contribution is -0.165. The molecule has 0 spiro atoms. The smallest absolute Gasteiger partial charge is 0.313 e. The lowest BCUT2D eigenvalue weighted by Gasteiger charge is -2.33. The number of hydrogen-bond acceptors (Lipinski definition) is 3. The van der Waals surface area contributed by atoms with Gasteiger partial charge >= 0.3 is 11.9 Å². The summed E-state index contributed by atoms with van der Waals surface area (Å²) in [6.07, 6.45) is 4.08. The molecule has 1 atom stereocenters. The SMILES string of the molecule is O=C1CC(C2CCCc3ccccc32)CC(=O)O1. The molecule has 0 bridgehead atoms. The van der Waals surface area contributed by atoms with Gasteiger partial charge in [-0.15, -0.1) is 0 Å². The van der Waals surface area contributed by atoms with Crippen LogP contribution in [0.15, 0.2) is 24.3 Å². The Morgan fingerprint density at radius 1 is 1.06 bits per heavy atom. The van der Waals surface area contributed by atoms with Crippen LogP contribution in [0.5, 0.6) is 0 Å². The second-order valence-electron chi connectivity index (χ2n) is 5.21. The third-order valence-corrected chi connectivity index (χ3v) is 4.07. The van der Waals surface area contributed by atoms with E-state index in [9.17, 15) is 9.59 Å². The molecule has 1 heterocycles. The van der Waals surface area contributed by atoms with Crippen LogP contribution in [0, 0.1) is 5.92 Å². The third kappa shape index (κ3) is 2.05. The van der Waals surface area contributed by atoms with Gasteiger partial charge in [-0.3, -0.25) is 9.59 Å². The number of hydrogen-bond donors (Lipinski definition) is 0. The van der Waals surface area contributed by atoms with Crippen molar-refractivity contribution < 1.29 is 14.3 Å². The van der Waals surface area contributed by atoms with E-state index in [2.05, 4.69) is 22.9 Å². The molecule has 1 saturated heterocycles. The van der Waals surface area contributed by atoms with E-state index in [1.807, 2.05) is 6.07 Å². The summed E-state index contributed by atoms with van der Waals surface area (Å²) >= 11 is 0. The van der Waals surface area contributed by atoms with Crippen molar-refractivity contribution in [3.05, 3.63) is 35.4 Å². The highest BCUT2D eigenvalue weighted by Crippen LogP contribution is 2.41. The van der Waals surface area contributed by atoms with E-state index >= 15 is 0 Å². The molecule has 2 aliphatic rings. The highest BCUT2D eigenvalue weighted by atomic mass is 16.6. The normalized spacial score (nSPS) is 24.6. The van der Waals surface area contributed by atoms with Crippen molar-refractivity contribution in [3.8, 4) is 0 Å². The van der Waals surface area contributed by atoms with Gasteiger partial charge in [0.2, 0.25) is 0 Å². The summed E-state index contributed by atoms with van der Waals surface area (Å²) in [6.45, 7) is 0. The Bertz CT molecular complexity index is 476. The maximum Gasteiger partial charge on any atom is 0.313 e. The van der Waals surface area contributed by atoms with E-state index < -0.39 is 0 Å². The van der Waals surface area contributed by atoms with Gasteiger partial charge in [0.15, 0.2) is 0 Å². The van der Waals surface area contributed by atoms with Gasteiger partial charge in [0.25, 0.3) is 0 Å². The zero-order valence-electron chi connectivity index (χ0n) is 10.2. The van der Waals surface area contributed by atoms with Crippen LogP contribution in [0.1, 0.15) is 42.7 Å². The van der Waals surface area contributed by atoms with Gasteiger partial charge in [0, 0.05) is 12.8 Å². The van der Waals surface area contributed by atoms with Crippen LogP contribution in [-0.2, 0) is 20.7 Å². The van der Waals surface area contributed by atoms with Crippen molar-refractivity contribution in [3.63, 3.8) is 0 Å². The quantitative estimate of drug-likeness (QED) is 0.563. The van der Waals surface area contributed by atoms with Crippen molar-refractivity contribution in [1.82, 2.24) is 0 Å². The topological polar surface area (TPSA) is 43.4 Å². The van der Waals surface area contributed by atoms with Crippen molar-refractivity contribution >= 4 is 11.9 Å². The van der Waals surface area contributed by atoms with Crippen LogP contribution in [-0.4, -0.2) is 11.9 Å². The zero-order valence-corrected chi connectivity index (χ0v) is 10.2. The number of aryl methyl sites for hydroxylation is 1. The molecule has 1 aromatic rings. The Labute approximate surface area is 106 Å². The third-order valence-electron chi connectivity index (χ3n) is 4.07. The van der Waals surface area contributed by atoms with E-state index in [0.29, 0.717) is 18.8 Å². The second-order valence-corrected chi connectivity index (χ2v) is 5.21. The zero-order chi connectivity index (χ0) is 12.5. The molecule has 0 amide bonds. The molecule has 3 rings (SSSR count). The number of carbonyl (C=O) groups is 2. The standard InChI is InChI=1S/C15H16O3/c16-14-8-11(9-15(17)18-14)13-7-3-5-10-4-1-2-6-12(10)13/h1-2,4,6,11,13H,3,5,7-9H2. The number of ether oxygens (including phenoxy) is 1. The van der Waals surface area contributed by atoms with Gasteiger partial charge in [0.1, 0.15) is 0 Å². The fourth-order valence-corrected chi connectivity index (χ4v) is 3.28. The molecule has 1 unspecified atom stereocenters. The molecule has 3 nitrogen and oxygen atoms in total. The van der Waals surface area contributed by atoms with Crippen molar-refractivity contribution in [2.24, 2.45) is 5.92 Å². The Morgan fingerprint density at radius 3 is 2.56 bits per heavy atom. The van der Waals surface area contributed by atoms with Crippen molar-refractivity contribution in [2.75, 3.05) is 0 Å². The molecule has 1 aliphatic carbocycles. The predicted molar refractivity (Wildman–Crippen MR) is 65.9 cm³/mol. The number of benzene rings is 1. The molecule has 1 aromatic carbocycles. The van der Waals surface area contributed by atoms with E-state index in [4.69, 9.17) is 0 Å². The monoisotopic (exact) mass is 244 g/mol. The molecule has 3 heteroatoms. The highest BCUT2D eigenvalue weighted by molar-refractivity contribution is 5.88. The molecule has 1 aliphatic heterocycles. The van der Waals surface area contributed by atoms with Crippen LogP contribution in [0.2, 0.25) is 0 Å². The molecule has 0 saturated carbocycles. The second kappa shape index (κ2) is 4.56. The largest absolute Gasteiger partial charge is 0.393 e. The summed E-state index contributed by atoms with van der Waals surface area (Å²) in [5.41, 5.74) is 2.70. The van der Waals surface area contributed by atoms with Gasteiger partial charge in [0.05, 0.1) is 0 Å². The van der Waals surface area contributed by atoms with Gasteiger partial charge in [-0.05, 0) is 42.2 Å². The van der Waals surface area contributed by atoms with Crippen LogP contribution in [0.3, 0.4) is 0 Å². The highest BCUT2D eigenvalue weighted by Gasteiger charge is 2.35. The molecule has 1 fully saturated rings. The first-order valence-corrected chi connectivity index (χ1v) is 6.55. The summed E-state index contributed by atoms with van der Waals surface area (Å²) in [7, 11) is 0. The molecule has 0 N–H and O–H groups in total. The maximum absolute atomic E-state index is 11.4. The lowest BCUT2D eigenvalue weighted by atomic mass is 9.73.